The van der Waals surface area contributed by atoms with Crippen LogP contribution in [0.5, 0.6) is 0 Å². The summed E-state index contributed by atoms with van der Waals surface area (Å²) in [7, 11) is 0. The van der Waals surface area contributed by atoms with E-state index in [0.29, 0.717) is 13.1 Å². The summed E-state index contributed by atoms with van der Waals surface area (Å²) in [6.07, 6.45) is -0.426. The fourth-order valence-electron chi connectivity index (χ4n) is 1.88. The van der Waals surface area contributed by atoms with Crippen LogP contribution in [0.25, 0.3) is 0 Å². The summed E-state index contributed by atoms with van der Waals surface area (Å²) in [5, 5.41) is 9.85. The average Bonchev–Trinajstić information content (AvgIpc) is 2.46. The minimum atomic E-state index is -0.426. The number of aliphatic hydroxyl groups is 1. The number of hydrogen-bond acceptors (Lipinski definition) is 2. The van der Waals surface area contributed by atoms with Crippen molar-refractivity contribution in [2.75, 3.05) is 18.0 Å². The molecule has 0 amide bonds. The second kappa shape index (κ2) is 6.19. The number of rotatable bonds is 5. The first-order valence-corrected chi connectivity index (χ1v) is 6.16. The quantitative estimate of drug-likeness (QED) is 0.834. The Kier molecular flexibility index (Phi) is 4.34. The normalized spacial score (nSPS) is 12.1. The maximum absolute atomic E-state index is 9.85. The van der Waals surface area contributed by atoms with E-state index >= 15 is 0 Å². The Morgan fingerprint density at radius 2 is 1.33 bits per heavy atom. The molecule has 0 radical (unpaired) electrons. The van der Waals surface area contributed by atoms with Crippen molar-refractivity contribution in [2.45, 2.75) is 6.10 Å². The highest BCUT2D eigenvalue weighted by Gasteiger charge is 2.13. The molecule has 2 aromatic rings. The third-order valence-corrected chi connectivity index (χ3v) is 2.86. The summed E-state index contributed by atoms with van der Waals surface area (Å²) >= 11 is 0. The standard InChI is InChI=1S/C15H18N2O/c16-11-15(18)12-17(13-7-3-1-4-8-13)14-9-5-2-6-10-14/h1-10,15,18H,11-12,16H2/p+1/t15-/m0/s1. The molecule has 0 aliphatic carbocycles. The molecule has 0 bridgehead atoms. The van der Waals surface area contributed by atoms with Crippen molar-refractivity contribution < 1.29 is 10.8 Å². The minimum absolute atomic E-state index is 0.426. The summed E-state index contributed by atoms with van der Waals surface area (Å²) < 4.78 is 0. The summed E-state index contributed by atoms with van der Waals surface area (Å²) in [5.74, 6) is 0. The van der Waals surface area contributed by atoms with Crippen LogP contribution >= 0.6 is 0 Å². The van der Waals surface area contributed by atoms with E-state index in [2.05, 4.69) is 10.6 Å². The molecule has 2 aromatic carbocycles. The molecular formula is C15H19N2O+. The van der Waals surface area contributed by atoms with Crippen molar-refractivity contribution in [2.24, 2.45) is 0 Å². The van der Waals surface area contributed by atoms with Crippen molar-refractivity contribution >= 4 is 11.4 Å². The highest BCUT2D eigenvalue weighted by molar-refractivity contribution is 5.62. The van der Waals surface area contributed by atoms with E-state index in [1.807, 2.05) is 60.7 Å². The molecule has 0 saturated heterocycles. The summed E-state index contributed by atoms with van der Waals surface area (Å²) in [5.41, 5.74) is 5.91. The summed E-state index contributed by atoms with van der Waals surface area (Å²) in [4.78, 5) is 2.11. The topological polar surface area (TPSA) is 51.1 Å². The number of aliphatic hydroxyl groups excluding tert-OH is 1. The number of benzene rings is 2. The van der Waals surface area contributed by atoms with Gasteiger partial charge in [-0.15, -0.1) is 0 Å². The second-order valence-corrected chi connectivity index (χ2v) is 4.22. The second-order valence-electron chi connectivity index (χ2n) is 4.22. The Morgan fingerprint density at radius 1 is 0.889 bits per heavy atom. The Hall–Kier alpha value is -1.84. The van der Waals surface area contributed by atoms with Crippen LogP contribution in [0.2, 0.25) is 0 Å². The van der Waals surface area contributed by atoms with Crippen LogP contribution < -0.4 is 10.6 Å². The van der Waals surface area contributed by atoms with Crippen LogP contribution in [0.4, 0.5) is 11.4 Å². The minimum Gasteiger partial charge on any atom is -0.385 e. The predicted octanol–water partition coefficient (Wildman–Crippen LogP) is 1.43. The van der Waals surface area contributed by atoms with E-state index in [1.165, 1.54) is 0 Å². The Morgan fingerprint density at radius 3 is 1.72 bits per heavy atom. The number of para-hydroxylation sites is 2. The lowest BCUT2D eigenvalue weighted by molar-refractivity contribution is -0.382. The van der Waals surface area contributed by atoms with E-state index in [9.17, 15) is 5.11 Å². The van der Waals surface area contributed by atoms with Gasteiger partial charge in [0.25, 0.3) is 0 Å². The molecule has 94 valence electrons. The Labute approximate surface area is 107 Å². The highest BCUT2D eigenvalue weighted by Crippen LogP contribution is 2.24. The molecule has 3 heteroatoms. The Bertz CT molecular complexity index is 419. The smallest absolute Gasteiger partial charge is 0.120 e. The third kappa shape index (κ3) is 3.09. The lowest BCUT2D eigenvalue weighted by atomic mass is 10.2. The molecule has 0 fully saturated rings. The van der Waals surface area contributed by atoms with Crippen molar-refractivity contribution in [3.63, 3.8) is 0 Å². The molecule has 0 unspecified atom stereocenters. The zero-order valence-electron chi connectivity index (χ0n) is 10.4. The van der Waals surface area contributed by atoms with Gasteiger partial charge in [-0.25, -0.2) is 0 Å². The maximum Gasteiger partial charge on any atom is 0.120 e. The number of nitrogens with zero attached hydrogens (tertiary/aromatic N) is 1. The molecule has 0 aliphatic heterocycles. The van der Waals surface area contributed by atoms with Crippen molar-refractivity contribution in [1.29, 1.82) is 0 Å². The van der Waals surface area contributed by atoms with Crippen LogP contribution in [0.3, 0.4) is 0 Å². The molecule has 0 heterocycles. The van der Waals surface area contributed by atoms with E-state index in [1.54, 1.807) is 0 Å². The molecule has 18 heavy (non-hydrogen) atoms. The van der Waals surface area contributed by atoms with Gasteiger partial charge in [-0.3, -0.25) is 0 Å². The van der Waals surface area contributed by atoms with Gasteiger partial charge in [-0.05, 0) is 24.3 Å². The lowest BCUT2D eigenvalue weighted by Gasteiger charge is -2.26. The van der Waals surface area contributed by atoms with E-state index < -0.39 is 6.10 Å². The number of anilines is 2. The number of hydrogen-bond donors (Lipinski definition) is 2. The SMILES string of the molecule is [NH3+]C[C@H](O)CN(c1ccccc1)c1ccccc1. The third-order valence-electron chi connectivity index (χ3n) is 2.86. The largest absolute Gasteiger partial charge is 0.385 e. The first kappa shape index (κ1) is 12.6. The van der Waals surface area contributed by atoms with Gasteiger partial charge in [-0.1, -0.05) is 36.4 Å². The van der Waals surface area contributed by atoms with Crippen LogP contribution in [-0.4, -0.2) is 24.3 Å². The van der Waals surface area contributed by atoms with E-state index in [-0.39, 0.29) is 0 Å². The fourth-order valence-corrected chi connectivity index (χ4v) is 1.88. The fraction of sp³-hybridized carbons (Fsp3) is 0.200. The van der Waals surface area contributed by atoms with Gasteiger partial charge in [-0.2, -0.15) is 0 Å². The molecule has 0 aromatic heterocycles. The van der Waals surface area contributed by atoms with Crippen LogP contribution in [0.1, 0.15) is 0 Å². The van der Waals surface area contributed by atoms with Crippen molar-refractivity contribution in [3.05, 3.63) is 60.7 Å². The average molecular weight is 243 g/mol. The van der Waals surface area contributed by atoms with Gasteiger partial charge in [0.1, 0.15) is 12.6 Å². The zero-order chi connectivity index (χ0) is 12.8. The first-order chi connectivity index (χ1) is 8.81. The number of quaternary nitrogens is 1. The highest BCUT2D eigenvalue weighted by atomic mass is 16.3. The van der Waals surface area contributed by atoms with Gasteiger partial charge in [0.15, 0.2) is 0 Å². The Balaban J connectivity index is 2.29. The molecule has 0 aliphatic rings. The van der Waals surface area contributed by atoms with E-state index in [0.717, 1.165) is 11.4 Å². The van der Waals surface area contributed by atoms with Gasteiger partial charge in [0.05, 0.1) is 6.54 Å². The van der Waals surface area contributed by atoms with Gasteiger partial charge >= 0.3 is 0 Å². The van der Waals surface area contributed by atoms with Gasteiger partial charge < -0.3 is 15.7 Å². The first-order valence-electron chi connectivity index (χ1n) is 6.16. The molecular weight excluding hydrogens is 224 g/mol. The van der Waals surface area contributed by atoms with Crippen LogP contribution in [0, 0.1) is 0 Å². The molecule has 0 spiro atoms. The van der Waals surface area contributed by atoms with Crippen LogP contribution in [-0.2, 0) is 0 Å². The summed E-state index contributed by atoms with van der Waals surface area (Å²) in [6.45, 7) is 1.06. The molecule has 4 N–H and O–H groups in total. The summed E-state index contributed by atoms with van der Waals surface area (Å²) in [6, 6.07) is 20.2. The van der Waals surface area contributed by atoms with Crippen molar-refractivity contribution in [1.82, 2.24) is 0 Å². The zero-order valence-corrected chi connectivity index (χ0v) is 10.4. The molecule has 2 rings (SSSR count). The molecule has 0 saturated carbocycles. The van der Waals surface area contributed by atoms with Gasteiger partial charge in [0, 0.05) is 11.4 Å². The molecule has 1 atom stereocenters. The predicted molar refractivity (Wildman–Crippen MR) is 73.7 cm³/mol. The monoisotopic (exact) mass is 243 g/mol. The molecule has 3 nitrogen and oxygen atoms in total. The van der Waals surface area contributed by atoms with E-state index in [4.69, 9.17) is 0 Å². The lowest BCUT2D eigenvalue weighted by Crippen LogP contribution is -2.57. The van der Waals surface area contributed by atoms with Crippen LogP contribution in [0.15, 0.2) is 60.7 Å². The van der Waals surface area contributed by atoms with Gasteiger partial charge in [0.2, 0.25) is 0 Å². The van der Waals surface area contributed by atoms with Crippen molar-refractivity contribution in [3.8, 4) is 0 Å². The maximum atomic E-state index is 9.85.